The van der Waals surface area contributed by atoms with E-state index in [0.717, 1.165) is 5.56 Å². The number of nitrogens with zero attached hydrogens (tertiary/aromatic N) is 1. The SMILES string of the molecule is CC(C)(C)OC(=O)N[C@@]1(Cc2csc(C#N)c2)CCNC1=O. The lowest BCUT2D eigenvalue weighted by Gasteiger charge is -2.29. The van der Waals surface area contributed by atoms with Gasteiger partial charge in [-0.15, -0.1) is 11.3 Å². The number of amides is 2. The fourth-order valence-electron chi connectivity index (χ4n) is 2.38. The molecular formula is C15H19N3O3S. The van der Waals surface area contributed by atoms with Crippen LogP contribution in [0.3, 0.4) is 0 Å². The number of rotatable bonds is 3. The molecule has 0 aromatic carbocycles. The molecule has 0 aliphatic carbocycles. The number of nitrogens with one attached hydrogen (secondary N) is 2. The van der Waals surface area contributed by atoms with Crippen molar-refractivity contribution in [3.05, 3.63) is 21.9 Å². The van der Waals surface area contributed by atoms with Gasteiger partial charge in [-0.25, -0.2) is 4.79 Å². The third-order valence-corrected chi connectivity index (χ3v) is 4.17. The van der Waals surface area contributed by atoms with E-state index in [4.69, 9.17) is 10.00 Å². The van der Waals surface area contributed by atoms with E-state index in [2.05, 4.69) is 16.7 Å². The van der Waals surface area contributed by atoms with Gasteiger partial charge in [0.25, 0.3) is 0 Å². The summed E-state index contributed by atoms with van der Waals surface area (Å²) in [7, 11) is 0. The van der Waals surface area contributed by atoms with E-state index in [9.17, 15) is 9.59 Å². The average Bonchev–Trinajstić information content (AvgIpc) is 2.96. The molecule has 0 spiro atoms. The van der Waals surface area contributed by atoms with Gasteiger partial charge in [-0.05, 0) is 44.2 Å². The highest BCUT2D eigenvalue weighted by Crippen LogP contribution is 2.25. The van der Waals surface area contributed by atoms with Gasteiger partial charge in [0.05, 0.1) is 0 Å². The molecule has 2 amide bonds. The van der Waals surface area contributed by atoms with Gasteiger partial charge in [-0.2, -0.15) is 5.26 Å². The number of hydrogen-bond donors (Lipinski definition) is 2. The van der Waals surface area contributed by atoms with Crippen LogP contribution in [-0.4, -0.2) is 29.7 Å². The first kappa shape index (κ1) is 16.3. The Morgan fingerprint density at radius 3 is 2.82 bits per heavy atom. The monoisotopic (exact) mass is 321 g/mol. The number of hydrogen-bond acceptors (Lipinski definition) is 5. The first-order valence-corrected chi connectivity index (χ1v) is 7.89. The molecule has 2 N–H and O–H groups in total. The number of thiophene rings is 1. The summed E-state index contributed by atoms with van der Waals surface area (Å²) in [5, 5.41) is 16.2. The van der Waals surface area contributed by atoms with Crippen LogP contribution in [0.5, 0.6) is 0 Å². The zero-order chi connectivity index (χ0) is 16.4. The van der Waals surface area contributed by atoms with Crippen molar-refractivity contribution in [2.75, 3.05) is 6.54 Å². The lowest BCUT2D eigenvalue weighted by molar-refractivity contribution is -0.124. The molecule has 6 nitrogen and oxygen atoms in total. The molecule has 1 atom stereocenters. The Balaban J connectivity index is 2.16. The Morgan fingerprint density at radius 2 is 2.32 bits per heavy atom. The van der Waals surface area contributed by atoms with Gasteiger partial charge < -0.3 is 15.4 Å². The van der Waals surface area contributed by atoms with Gasteiger partial charge in [0.15, 0.2) is 0 Å². The maximum absolute atomic E-state index is 12.2. The predicted octanol–water partition coefficient (Wildman–Crippen LogP) is 1.95. The number of carbonyl (C=O) groups is 2. The molecule has 7 heteroatoms. The van der Waals surface area contributed by atoms with Gasteiger partial charge in [-0.3, -0.25) is 4.79 Å². The van der Waals surface area contributed by atoms with Crippen LogP contribution in [0.1, 0.15) is 37.6 Å². The molecule has 2 rings (SSSR count). The van der Waals surface area contributed by atoms with E-state index < -0.39 is 17.2 Å². The van der Waals surface area contributed by atoms with Crippen molar-refractivity contribution >= 4 is 23.3 Å². The molecule has 1 aromatic heterocycles. The zero-order valence-electron chi connectivity index (χ0n) is 12.9. The van der Waals surface area contributed by atoms with Gasteiger partial charge in [-0.1, -0.05) is 0 Å². The summed E-state index contributed by atoms with van der Waals surface area (Å²) in [4.78, 5) is 24.9. The lowest BCUT2D eigenvalue weighted by Crippen LogP contribution is -2.56. The normalized spacial score (nSPS) is 21.1. The second kappa shape index (κ2) is 5.97. The molecule has 1 aliphatic rings. The van der Waals surface area contributed by atoms with Crippen LogP contribution in [-0.2, 0) is 16.0 Å². The van der Waals surface area contributed by atoms with Crippen LogP contribution >= 0.6 is 11.3 Å². The summed E-state index contributed by atoms with van der Waals surface area (Å²) >= 11 is 1.32. The third kappa shape index (κ3) is 3.77. The minimum absolute atomic E-state index is 0.219. The molecule has 22 heavy (non-hydrogen) atoms. The first-order chi connectivity index (χ1) is 10.2. The molecule has 0 unspecified atom stereocenters. The lowest BCUT2D eigenvalue weighted by atomic mass is 9.90. The van der Waals surface area contributed by atoms with Crippen LogP contribution in [0.25, 0.3) is 0 Å². The Kier molecular flexibility index (Phi) is 4.42. The molecule has 0 saturated carbocycles. The van der Waals surface area contributed by atoms with E-state index in [-0.39, 0.29) is 5.91 Å². The fourth-order valence-corrected chi connectivity index (χ4v) is 3.08. The van der Waals surface area contributed by atoms with Crippen molar-refractivity contribution in [1.29, 1.82) is 5.26 Å². The Bertz CT molecular complexity index is 627. The summed E-state index contributed by atoms with van der Waals surface area (Å²) in [6.07, 6.45) is 0.222. The standard InChI is InChI=1S/C15H19N3O3S/c1-14(2,3)21-13(20)18-15(4-5-17-12(15)19)7-10-6-11(8-16)22-9-10/h6,9H,4-5,7H2,1-3H3,(H,17,19)(H,18,20)/t15-/m1/s1. The van der Waals surface area contributed by atoms with Gasteiger partial charge in [0.2, 0.25) is 5.91 Å². The predicted molar refractivity (Wildman–Crippen MR) is 82.5 cm³/mol. The molecule has 1 fully saturated rings. The zero-order valence-corrected chi connectivity index (χ0v) is 13.7. The summed E-state index contributed by atoms with van der Waals surface area (Å²) < 4.78 is 5.26. The Hall–Kier alpha value is -2.07. The van der Waals surface area contributed by atoms with Gasteiger partial charge in [0, 0.05) is 13.0 Å². The average molecular weight is 321 g/mol. The van der Waals surface area contributed by atoms with Crippen molar-refractivity contribution in [3.63, 3.8) is 0 Å². The molecular weight excluding hydrogens is 302 g/mol. The van der Waals surface area contributed by atoms with E-state index in [1.807, 2.05) is 5.38 Å². The minimum Gasteiger partial charge on any atom is -0.444 e. The second-order valence-corrected chi connectivity index (χ2v) is 7.23. The molecule has 0 radical (unpaired) electrons. The van der Waals surface area contributed by atoms with Crippen molar-refractivity contribution in [1.82, 2.24) is 10.6 Å². The van der Waals surface area contributed by atoms with Crippen molar-refractivity contribution in [3.8, 4) is 6.07 Å². The number of nitriles is 1. The van der Waals surface area contributed by atoms with Crippen LogP contribution in [0.2, 0.25) is 0 Å². The summed E-state index contributed by atoms with van der Waals surface area (Å²) in [6.45, 7) is 5.81. The fraction of sp³-hybridized carbons (Fsp3) is 0.533. The maximum atomic E-state index is 12.2. The summed E-state index contributed by atoms with van der Waals surface area (Å²) in [5.74, 6) is -0.219. The van der Waals surface area contributed by atoms with Crippen LogP contribution in [0, 0.1) is 11.3 Å². The summed E-state index contributed by atoms with van der Waals surface area (Å²) in [6, 6.07) is 3.82. The highest BCUT2D eigenvalue weighted by molar-refractivity contribution is 7.10. The Morgan fingerprint density at radius 1 is 1.59 bits per heavy atom. The number of ether oxygens (including phenoxy) is 1. The molecule has 1 saturated heterocycles. The van der Waals surface area contributed by atoms with E-state index in [1.54, 1.807) is 26.8 Å². The van der Waals surface area contributed by atoms with Crippen molar-refractivity contribution in [2.24, 2.45) is 0 Å². The topological polar surface area (TPSA) is 91.2 Å². The summed E-state index contributed by atoms with van der Waals surface area (Å²) in [5.41, 5.74) is -0.790. The van der Waals surface area contributed by atoms with Crippen LogP contribution < -0.4 is 10.6 Å². The van der Waals surface area contributed by atoms with E-state index >= 15 is 0 Å². The minimum atomic E-state index is -1.02. The van der Waals surface area contributed by atoms with Gasteiger partial charge >= 0.3 is 6.09 Å². The van der Waals surface area contributed by atoms with E-state index in [1.165, 1.54) is 11.3 Å². The van der Waals surface area contributed by atoms with Gasteiger partial charge in [0.1, 0.15) is 22.1 Å². The highest BCUT2D eigenvalue weighted by atomic mass is 32.1. The molecule has 1 aromatic rings. The molecule has 1 aliphatic heterocycles. The smallest absolute Gasteiger partial charge is 0.408 e. The molecule has 118 valence electrons. The number of alkyl carbamates (subject to hydrolysis) is 1. The molecule has 0 bridgehead atoms. The highest BCUT2D eigenvalue weighted by Gasteiger charge is 2.44. The maximum Gasteiger partial charge on any atom is 0.408 e. The van der Waals surface area contributed by atoms with Crippen molar-refractivity contribution in [2.45, 2.75) is 44.8 Å². The Labute approximate surface area is 133 Å². The third-order valence-electron chi connectivity index (χ3n) is 3.28. The second-order valence-electron chi connectivity index (χ2n) is 6.32. The first-order valence-electron chi connectivity index (χ1n) is 7.01. The largest absolute Gasteiger partial charge is 0.444 e. The van der Waals surface area contributed by atoms with Crippen LogP contribution in [0.15, 0.2) is 11.4 Å². The molecule has 2 heterocycles. The quantitative estimate of drug-likeness (QED) is 0.890. The van der Waals surface area contributed by atoms with E-state index in [0.29, 0.717) is 24.3 Å². The van der Waals surface area contributed by atoms with Crippen LogP contribution in [0.4, 0.5) is 4.79 Å². The number of carbonyl (C=O) groups excluding carboxylic acids is 2. The van der Waals surface area contributed by atoms with Crippen molar-refractivity contribution < 1.29 is 14.3 Å².